The number of nitrogen functional groups attached to an aromatic ring is 1. The van der Waals surface area contributed by atoms with E-state index in [1.807, 2.05) is 0 Å². The van der Waals surface area contributed by atoms with Gasteiger partial charge < -0.3 is 10.3 Å². The fourth-order valence-electron chi connectivity index (χ4n) is 2.26. The SMILES string of the molecule is CCCCCn1c(N)nc2c(CC)cccc21. The molecular formula is C14H21N3. The van der Waals surface area contributed by atoms with E-state index < -0.39 is 0 Å². The number of aromatic nitrogens is 2. The smallest absolute Gasteiger partial charge is 0.201 e. The molecule has 0 aliphatic carbocycles. The molecular weight excluding hydrogens is 210 g/mol. The zero-order valence-corrected chi connectivity index (χ0v) is 10.7. The van der Waals surface area contributed by atoms with Crippen molar-refractivity contribution in [1.29, 1.82) is 0 Å². The molecule has 92 valence electrons. The van der Waals surface area contributed by atoms with Gasteiger partial charge >= 0.3 is 0 Å². The van der Waals surface area contributed by atoms with Gasteiger partial charge in [-0.3, -0.25) is 0 Å². The van der Waals surface area contributed by atoms with Crippen LogP contribution in [0, 0.1) is 0 Å². The van der Waals surface area contributed by atoms with Crippen LogP contribution >= 0.6 is 0 Å². The van der Waals surface area contributed by atoms with Crippen LogP contribution in [0.25, 0.3) is 11.0 Å². The van der Waals surface area contributed by atoms with Gasteiger partial charge in [0.25, 0.3) is 0 Å². The molecule has 2 aromatic rings. The van der Waals surface area contributed by atoms with Crippen molar-refractivity contribution in [2.24, 2.45) is 0 Å². The van der Waals surface area contributed by atoms with E-state index in [4.69, 9.17) is 5.73 Å². The van der Waals surface area contributed by atoms with Gasteiger partial charge in [-0.1, -0.05) is 38.8 Å². The number of rotatable bonds is 5. The second kappa shape index (κ2) is 5.21. The Hall–Kier alpha value is -1.51. The largest absolute Gasteiger partial charge is 0.369 e. The second-order valence-electron chi connectivity index (χ2n) is 4.47. The van der Waals surface area contributed by atoms with Crippen molar-refractivity contribution in [2.45, 2.75) is 46.1 Å². The monoisotopic (exact) mass is 231 g/mol. The number of aryl methyl sites for hydroxylation is 2. The zero-order chi connectivity index (χ0) is 12.3. The van der Waals surface area contributed by atoms with E-state index in [0.717, 1.165) is 18.5 Å². The zero-order valence-electron chi connectivity index (χ0n) is 10.7. The van der Waals surface area contributed by atoms with Gasteiger partial charge in [0.15, 0.2) is 0 Å². The number of hydrogen-bond acceptors (Lipinski definition) is 2. The summed E-state index contributed by atoms with van der Waals surface area (Å²) in [6.45, 7) is 5.34. The van der Waals surface area contributed by atoms with Crippen LogP contribution in [-0.2, 0) is 13.0 Å². The maximum atomic E-state index is 6.01. The molecule has 0 spiro atoms. The summed E-state index contributed by atoms with van der Waals surface area (Å²) in [7, 11) is 0. The van der Waals surface area contributed by atoms with Gasteiger partial charge in [0.2, 0.25) is 5.95 Å². The molecule has 1 aromatic heterocycles. The number of fused-ring (bicyclic) bond motifs is 1. The molecule has 17 heavy (non-hydrogen) atoms. The average molecular weight is 231 g/mol. The first-order valence-corrected chi connectivity index (χ1v) is 6.51. The quantitative estimate of drug-likeness (QED) is 0.802. The minimum absolute atomic E-state index is 0.650. The molecule has 0 amide bonds. The van der Waals surface area contributed by atoms with Crippen molar-refractivity contribution < 1.29 is 0 Å². The third-order valence-electron chi connectivity index (χ3n) is 3.26. The summed E-state index contributed by atoms with van der Waals surface area (Å²) in [5.74, 6) is 0.650. The van der Waals surface area contributed by atoms with Gasteiger partial charge in [0, 0.05) is 6.54 Å². The summed E-state index contributed by atoms with van der Waals surface area (Å²) >= 11 is 0. The van der Waals surface area contributed by atoms with Crippen molar-refractivity contribution in [2.75, 3.05) is 5.73 Å². The van der Waals surface area contributed by atoms with Crippen LogP contribution in [-0.4, -0.2) is 9.55 Å². The van der Waals surface area contributed by atoms with Crippen LogP contribution in [0.3, 0.4) is 0 Å². The molecule has 0 saturated heterocycles. The van der Waals surface area contributed by atoms with E-state index in [9.17, 15) is 0 Å². The summed E-state index contributed by atoms with van der Waals surface area (Å²) in [6, 6.07) is 6.34. The molecule has 0 bridgehead atoms. The first-order valence-electron chi connectivity index (χ1n) is 6.51. The van der Waals surface area contributed by atoms with Crippen LogP contribution in [0.15, 0.2) is 18.2 Å². The third-order valence-corrected chi connectivity index (χ3v) is 3.26. The van der Waals surface area contributed by atoms with Crippen molar-refractivity contribution in [1.82, 2.24) is 9.55 Å². The Morgan fingerprint density at radius 2 is 2.06 bits per heavy atom. The number of hydrogen-bond donors (Lipinski definition) is 1. The second-order valence-corrected chi connectivity index (χ2v) is 4.47. The highest BCUT2D eigenvalue weighted by atomic mass is 15.1. The lowest BCUT2D eigenvalue weighted by Gasteiger charge is -2.06. The van der Waals surface area contributed by atoms with Crippen molar-refractivity contribution in [3.8, 4) is 0 Å². The van der Waals surface area contributed by atoms with E-state index in [2.05, 4.69) is 41.6 Å². The molecule has 0 radical (unpaired) electrons. The molecule has 0 unspecified atom stereocenters. The summed E-state index contributed by atoms with van der Waals surface area (Å²) < 4.78 is 2.14. The molecule has 0 aliphatic rings. The number of anilines is 1. The van der Waals surface area contributed by atoms with E-state index in [-0.39, 0.29) is 0 Å². The number of imidazole rings is 1. The normalized spacial score (nSPS) is 11.2. The maximum Gasteiger partial charge on any atom is 0.201 e. The summed E-state index contributed by atoms with van der Waals surface area (Å²) in [4.78, 5) is 4.50. The highest BCUT2D eigenvalue weighted by Crippen LogP contribution is 2.22. The van der Waals surface area contributed by atoms with E-state index in [1.54, 1.807) is 0 Å². The highest BCUT2D eigenvalue weighted by Gasteiger charge is 2.09. The molecule has 2 rings (SSSR count). The van der Waals surface area contributed by atoms with Crippen LogP contribution in [0.2, 0.25) is 0 Å². The van der Waals surface area contributed by atoms with Crippen LogP contribution < -0.4 is 5.73 Å². The maximum absolute atomic E-state index is 6.01. The summed E-state index contributed by atoms with van der Waals surface area (Å²) in [6.07, 6.45) is 4.64. The van der Waals surface area contributed by atoms with E-state index in [1.165, 1.54) is 30.3 Å². The van der Waals surface area contributed by atoms with E-state index >= 15 is 0 Å². The number of nitrogens with two attached hydrogens (primary N) is 1. The minimum atomic E-state index is 0.650. The van der Waals surface area contributed by atoms with Gasteiger partial charge in [0.05, 0.1) is 11.0 Å². The van der Waals surface area contributed by atoms with Crippen molar-refractivity contribution in [3.63, 3.8) is 0 Å². The molecule has 0 atom stereocenters. The molecule has 0 saturated carbocycles. The van der Waals surface area contributed by atoms with Crippen LogP contribution in [0.1, 0.15) is 38.7 Å². The van der Waals surface area contributed by atoms with Crippen molar-refractivity contribution >= 4 is 17.0 Å². The summed E-state index contributed by atoms with van der Waals surface area (Å²) in [5, 5.41) is 0. The molecule has 3 heteroatoms. The van der Waals surface area contributed by atoms with Gasteiger partial charge in [-0.05, 0) is 24.5 Å². The Kier molecular flexibility index (Phi) is 3.67. The topological polar surface area (TPSA) is 43.8 Å². The molecule has 1 aromatic carbocycles. The highest BCUT2D eigenvalue weighted by molar-refractivity contribution is 5.81. The fourth-order valence-corrected chi connectivity index (χ4v) is 2.26. The van der Waals surface area contributed by atoms with Gasteiger partial charge in [0.1, 0.15) is 0 Å². The van der Waals surface area contributed by atoms with Gasteiger partial charge in [-0.2, -0.15) is 0 Å². The lowest BCUT2D eigenvalue weighted by Crippen LogP contribution is -2.03. The standard InChI is InChI=1S/C14H21N3/c1-3-5-6-10-17-12-9-7-8-11(4-2)13(12)16-14(17)15/h7-9H,3-6,10H2,1-2H3,(H2,15,16). The first-order chi connectivity index (χ1) is 8.27. The Bertz CT molecular complexity index is 499. The molecule has 0 aliphatic heterocycles. The lowest BCUT2D eigenvalue weighted by molar-refractivity contribution is 0.619. The fraction of sp³-hybridized carbons (Fsp3) is 0.500. The molecule has 3 nitrogen and oxygen atoms in total. The van der Waals surface area contributed by atoms with Crippen LogP contribution in [0.5, 0.6) is 0 Å². The van der Waals surface area contributed by atoms with Crippen LogP contribution in [0.4, 0.5) is 5.95 Å². The number of benzene rings is 1. The lowest BCUT2D eigenvalue weighted by atomic mass is 10.1. The summed E-state index contributed by atoms with van der Waals surface area (Å²) in [5.41, 5.74) is 9.54. The third kappa shape index (κ3) is 2.28. The first kappa shape index (κ1) is 12.0. The Morgan fingerprint density at radius 1 is 1.24 bits per heavy atom. The number of nitrogens with zero attached hydrogens (tertiary/aromatic N) is 2. The minimum Gasteiger partial charge on any atom is -0.369 e. The molecule has 1 heterocycles. The Morgan fingerprint density at radius 3 is 2.76 bits per heavy atom. The number of unbranched alkanes of at least 4 members (excludes halogenated alkanes) is 2. The molecule has 2 N–H and O–H groups in total. The van der Waals surface area contributed by atoms with Crippen molar-refractivity contribution in [3.05, 3.63) is 23.8 Å². The van der Waals surface area contributed by atoms with Gasteiger partial charge in [-0.15, -0.1) is 0 Å². The van der Waals surface area contributed by atoms with Gasteiger partial charge in [-0.25, -0.2) is 4.98 Å². The Labute approximate surface area is 103 Å². The number of para-hydroxylation sites is 1. The average Bonchev–Trinajstić information content (AvgIpc) is 2.66. The predicted molar refractivity (Wildman–Crippen MR) is 73.0 cm³/mol. The molecule has 0 fully saturated rings. The van der Waals surface area contributed by atoms with E-state index in [0.29, 0.717) is 5.95 Å². The predicted octanol–water partition coefficient (Wildman–Crippen LogP) is 3.37. The Balaban J connectivity index is 2.38.